The predicted octanol–water partition coefficient (Wildman–Crippen LogP) is 5.10. The molecule has 1 aromatic heterocycles. The highest BCUT2D eigenvalue weighted by Gasteiger charge is 2.32. The summed E-state index contributed by atoms with van der Waals surface area (Å²) in [5.74, 6) is 0.384. The Labute approximate surface area is 206 Å². The molecule has 0 saturated carbocycles. The van der Waals surface area contributed by atoms with Crippen LogP contribution in [0.1, 0.15) is 25.2 Å². The number of sulfonamides is 1. The first kappa shape index (κ1) is 24.7. The van der Waals surface area contributed by atoms with E-state index in [1.165, 1.54) is 4.31 Å². The Balaban J connectivity index is 1.60. The van der Waals surface area contributed by atoms with Gasteiger partial charge in [0, 0.05) is 18.0 Å². The molecule has 3 aromatic carbocycles. The summed E-state index contributed by atoms with van der Waals surface area (Å²) in [7, 11) is -3.92. The summed E-state index contributed by atoms with van der Waals surface area (Å²) in [5, 5.41) is 1.48. The monoisotopic (exact) mass is 490 g/mol. The second-order valence-electron chi connectivity index (χ2n) is 8.75. The van der Waals surface area contributed by atoms with Crippen molar-refractivity contribution >= 4 is 26.7 Å². The van der Waals surface area contributed by atoms with E-state index in [1.54, 1.807) is 49.3 Å². The van der Waals surface area contributed by atoms with Gasteiger partial charge in [-0.1, -0.05) is 66.7 Å². The van der Waals surface area contributed by atoms with E-state index in [1.807, 2.05) is 60.7 Å². The lowest BCUT2D eigenvalue weighted by atomic mass is 10.1. The minimum absolute atomic E-state index is 0.207. The zero-order chi connectivity index (χ0) is 24.8. The number of carbonyl (C=O) groups excluding carboxylic acids is 1. The molecule has 0 aliphatic carbocycles. The summed E-state index contributed by atoms with van der Waals surface area (Å²) < 4.78 is 34.3. The first-order valence-corrected chi connectivity index (χ1v) is 13.1. The molecule has 0 fully saturated rings. The molecule has 0 radical (unpaired) electrons. The molecule has 1 amide bonds. The molecule has 0 spiro atoms. The normalized spacial score (nSPS) is 11.9. The van der Waals surface area contributed by atoms with Crippen LogP contribution in [0.2, 0.25) is 0 Å². The van der Waals surface area contributed by atoms with Crippen molar-refractivity contribution < 1.29 is 17.6 Å². The maximum absolute atomic E-state index is 13.8. The molecule has 0 N–H and O–H groups in total. The second kappa shape index (κ2) is 10.9. The van der Waals surface area contributed by atoms with E-state index in [-0.39, 0.29) is 23.9 Å². The molecular formula is C28H30N2O4S. The molecule has 0 atom stereocenters. The third kappa shape index (κ3) is 5.81. The van der Waals surface area contributed by atoms with Crippen LogP contribution in [0.3, 0.4) is 0 Å². The molecule has 6 nitrogen and oxygen atoms in total. The third-order valence-corrected chi connectivity index (χ3v) is 8.08. The van der Waals surface area contributed by atoms with Gasteiger partial charge in [0.1, 0.15) is 5.76 Å². The van der Waals surface area contributed by atoms with Gasteiger partial charge in [0.15, 0.2) is 0 Å². The number of nitrogens with zero attached hydrogens (tertiary/aromatic N) is 2. The quantitative estimate of drug-likeness (QED) is 0.310. The van der Waals surface area contributed by atoms with Gasteiger partial charge in [0.05, 0.1) is 24.2 Å². The molecule has 0 bridgehead atoms. The van der Waals surface area contributed by atoms with Crippen LogP contribution in [0.15, 0.2) is 101 Å². The van der Waals surface area contributed by atoms with Crippen molar-refractivity contribution in [2.75, 3.05) is 13.1 Å². The average molecular weight is 491 g/mol. The number of carbonyl (C=O) groups is 1. The van der Waals surface area contributed by atoms with Gasteiger partial charge >= 0.3 is 0 Å². The maximum atomic E-state index is 13.8. The van der Waals surface area contributed by atoms with Gasteiger partial charge < -0.3 is 9.32 Å². The lowest BCUT2D eigenvalue weighted by Gasteiger charge is -2.29. The minimum atomic E-state index is -3.92. The molecule has 0 saturated heterocycles. The van der Waals surface area contributed by atoms with Crippen LogP contribution in [0.4, 0.5) is 0 Å². The fourth-order valence-electron chi connectivity index (χ4n) is 4.12. The Hall–Kier alpha value is -3.42. The summed E-state index contributed by atoms with van der Waals surface area (Å²) in [6.45, 7) is 4.05. The Kier molecular flexibility index (Phi) is 7.68. The highest BCUT2D eigenvalue weighted by atomic mass is 32.2. The molecule has 4 rings (SSSR count). The summed E-state index contributed by atoms with van der Waals surface area (Å²) in [6, 6.07) is 25.7. The molecule has 1 heterocycles. The maximum Gasteiger partial charge on any atom is 0.244 e. The lowest BCUT2D eigenvalue weighted by Crippen LogP contribution is -2.46. The second-order valence-corrected chi connectivity index (χ2v) is 10.6. The molecule has 0 aliphatic rings. The fourth-order valence-corrected chi connectivity index (χ4v) is 5.92. The van der Waals surface area contributed by atoms with Gasteiger partial charge in [-0.05, 0) is 49.4 Å². The standard InChI is InChI=1S/C28H30N2O4S/c1-22(2)30(35(32,33)27-16-8-13-24-12-6-7-15-26(24)27)21-28(31)29(20-25-14-9-19-34-25)18-17-23-10-4-3-5-11-23/h3-16,19,22H,17-18,20-21H2,1-2H3. The number of furan rings is 1. The van der Waals surface area contributed by atoms with Crippen molar-refractivity contribution in [1.29, 1.82) is 0 Å². The highest BCUT2D eigenvalue weighted by Crippen LogP contribution is 2.27. The van der Waals surface area contributed by atoms with Crippen LogP contribution in [0.5, 0.6) is 0 Å². The van der Waals surface area contributed by atoms with Gasteiger partial charge in [-0.15, -0.1) is 0 Å². The summed E-state index contributed by atoms with van der Waals surface area (Å²) in [4.78, 5) is 15.4. The van der Waals surface area contributed by atoms with Crippen LogP contribution in [0, 0.1) is 0 Å². The summed E-state index contributed by atoms with van der Waals surface area (Å²) >= 11 is 0. The van der Waals surface area contributed by atoms with Crippen LogP contribution < -0.4 is 0 Å². The van der Waals surface area contributed by atoms with Crippen molar-refractivity contribution in [1.82, 2.24) is 9.21 Å². The molecule has 0 unspecified atom stereocenters. The van der Waals surface area contributed by atoms with Crippen LogP contribution >= 0.6 is 0 Å². The Morgan fingerprint density at radius 3 is 2.31 bits per heavy atom. The summed E-state index contributed by atoms with van der Waals surface area (Å²) in [6.07, 6.45) is 2.23. The Morgan fingerprint density at radius 2 is 1.60 bits per heavy atom. The molecule has 0 aliphatic heterocycles. The number of amides is 1. The van der Waals surface area contributed by atoms with Gasteiger partial charge in [-0.3, -0.25) is 4.79 Å². The zero-order valence-electron chi connectivity index (χ0n) is 20.0. The lowest BCUT2D eigenvalue weighted by molar-refractivity contribution is -0.132. The predicted molar refractivity (Wildman–Crippen MR) is 137 cm³/mol. The Morgan fingerprint density at radius 1 is 0.886 bits per heavy atom. The summed E-state index contributed by atoms with van der Waals surface area (Å²) in [5.41, 5.74) is 1.11. The molecule has 35 heavy (non-hydrogen) atoms. The highest BCUT2D eigenvalue weighted by molar-refractivity contribution is 7.89. The van der Waals surface area contributed by atoms with Crippen LogP contribution in [-0.2, 0) is 27.8 Å². The topological polar surface area (TPSA) is 70.8 Å². The Bertz CT molecular complexity index is 1360. The van der Waals surface area contributed by atoms with Crippen molar-refractivity contribution in [3.05, 3.63) is 103 Å². The first-order chi connectivity index (χ1) is 16.9. The van der Waals surface area contributed by atoms with Gasteiger partial charge in [-0.25, -0.2) is 8.42 Å². The zero-order valence-corrected chi connectivity index (χ0v) is 20.8. The number of benzene rings is 3. The number of rotatable bonds is 10. The molecule has 4 aromatic rings. The van der Waals surface area contributed by atoms with Crippen molar-refractivity contribution in [2.45, 2.75) is 37.8 Å². The van der Waals surface area contributed by atoms with Gasteiger partial charge in [0.2, 0.25) is 15.9 Å². The first-order valence-electron chi connectivity index (χ1n) is 11.7. The fraction of sp³-hybridized carbons (Fsp3) is 0.250. The van der Waals surface area contributed by atoms with Crippen LogP contribution in [0.25, 0.3) is 10.8 Å². The largest absolute Gasteiger partial charge is 0.467 e. The van der Waals surface area contributed by atoms with Crippen molar-refractivity contribution in [3.63, 3.8) is 0 Å². The van der Waals surface area contributed by atoms with E-state index in [9.17, 15) is 13.2 Å². The van der Waals surface area contributed by atoms with E-state index >= 15 is 0 Å². The molecule has 7 heteroatoms. The van der Waals surface area contributed by atoms with Gasteiger partial charge in [-0.2, -0.15) is 4.31 Å². The third-order valence-electron chi connectivity index (χ3n) is 6.00. The molecular weight excluding hydrogens is 460 g/mol. The van der Waals surface area contributed by atoms with Gasteiger partial charge in [0.25, 0.3) is 0 Å². The van der Waals surface area contributed by atoms with E-state index in [2.05, 4.69) is 0 Å². The van der Waals surface area contributed by atoms with Crippen molar-refractivity contribution in [2.24, 2.45) is 0 Å². The number of hydrogen-bond donors (Lipinski definition) is 0. The minimum Gasteiger partial charge on any atom is -0.467 e. The number of hydrogen-bond acceptors (Lipinski definition) is 4. The number of fused-ring (bicyclic) bond motifs is 1. The van der Waals surface area contributed by atoms with Crippen molar-refractivity contribution in [3.8, 4) is 0 Å². The van der Waals surface area contributed by atoms with E-state index in [4.69, 9.17) is 4.42 Å². The smallest absolute Gasteiger partial charge is 0.244 e. The SMILES string of the molecule is CC(C)N(CC(=O)N(CCc1ccccc1)Cc1ccco1)S(=O)(=O)c1cccc2ccccc12. The molecule has 182 valence electrons. The van der Waals surface area contributed by atoms with Crippen LogP contribution in [-0.4, -0.2) is 42.7 Å². The van der Waals surface area contributed by atoms with E-state index < -0.39 is 16.1 Å². The van der Waals surface area contributed by atoms with E-state index in [0.717, 1.165) is 10.9 Å². The average Bonchev–Trinajstić information content (AvgIpc) is 3.38. The van der Waals surface area contributed by atoms with E-state index in [0.29, 0.717) is 24.1 Å².